The Hall–Kier alpha value is -1.59. The summed E-state index contributed by atoms with van der Waals surface area (Å²) in [4.78, 5) is 16.0. The second kappa shape index (κ2) is 5.37. The number of nitrogens with two attached hydrogens (primary N) is 1. The molecule has 0 unspecified atom stereocenters. The third-order valence-electron chi connectivity index (χ3n) is 2.25. The molecule has 0 aliphatic carbocycles. The van der Waals surface area contributed by atoms with Crippen LogP contribution in [0.2, 0.25) is 5.02 Å². The van der Waals surface area contributed by atoms with Crippen molar-refractivity contribution in [3.63, 3.8) is 0 Å². The molecule has 18 heavy (non-hydrogen) atoms. The number of pyridine rings is 1. The Morgan fingerprint density at radius 3 is 2.89 bits per heavy atom. The highest BCUT2D eigenvalue weighted by molar-refractivity contribution is 9.10. The van der Waals surface area contributed by atoms with Crippen LogP contribution in [-0.2, 0) is 0 Å². The number of amides is 1. The molecule has 92 valence electrons. The van der Waals surface area contributed by atoms with Crippen LogP contribution >= 0.6 is 27.5 Å². The van der Waals surface area contributed by atoms with Crippen LogP contribution in [0.25, 0.3) is 0 Å². The number of nitrogens with zero attached hydrogens (tertiary/aromatic N) is 1. The number of carbonyl (C=O) groups excluding carboxylic acids is 1. The summed E-state index contributed by atoms with van der Waals surface area (Å²) >= 11 is 9.23. The predicted molar refractivity (Wildman–Crippen MR) is 75.8 cm³/mol. The average molecular weight is 327 g/mol. The molecule has 0 spiro atoms. The molecule has 0 saturated carbocycles. The van der Waals surface area contributed by atoms with Crippen molar-refractivity contribution in [1.82, 2.24) is 4.98 Å². The maximum Gasteiger partial charge on any atom is 0.256 e. The van der Waals surface area contributed by atoms with Crippen molar-refractivity contribution in [2.45, 2.75) is 0 Å². The quantitative estimate of drug-likeness (QED) is 0.832. The van der Waals surface area contributed by atoms with Crippen molar-refractivity contribution >= 4 is 44.8 Å². The van der Waals surface area contributed by atoms with Gasteiger partial charge in [0, 0.05) is 16.4 Å². The molecule has 0 aliphatic heterocycles. The lowest BCUT2D eigenvalue weighted by molar-refractivity contribution is 0.102. The summed E-state index contributed by atoms with van der Waals surface area (Å²) in [6.45, 7) is 0. The largest absolute Gasteiger partial charge is 0.399 e. The third-order valence-corrected chi connectivity index (χ3v) is 3.27. The van der Waals surface area contributed by atoms with Crippen molar-refractivity contribution in [1.29, 1.82) is 0 Å². The maximum atomic E-state index is 12.1. The molecule has 0 saturated heterocycles. The minimum absolute atomic E-state index is 0.302. The SMILES string of the molecule is Nc1ccc(Br)c(C(=O)Nc2cnccc2Cl)c1. The number of carbonyl (C=O) groups is 1. The smallest absolute Gasteiger partial charge is 0.256 e. The Balaban J connectivity index is 2.28. The van der Waals surface area contributed by atoms with E-state index in [2.05, 4.69) is 26.2 Å². The fourth-order valence-electron chi connectivity index (χ4n) is 1.38. The Kier molecular flexibility index (Phi) is 3.84. The van der Waals surface area contributed by atoms with Gasteiger partial charge in [-0.05, 0) is 40.2 Å². The zero-order chi connectivity index (χ0) is 13.1. The molecule has 2 aromatic rings. The van der Waals surface area contributed by atoms with Crippen molar-refractivity contribution < 1.29 is 4.79 Å². The van der Waals surface area contributed by atoms with Gasteiger partial charge in [-0.3, -0.25) is 9.78 Å². The molecule has 6 heteroatoms. The van der Waals surface area contributed by atoms with Gasteiger partial charge in [-0.15, -0.1) is 0 Å². The van der Waals surface area contributed by atoms with Crippen molar-refractivity contribution in [2.24, 2.45) is 0 Å². The van der Waals surface area contributed by atoms with Gasteiger partial charge in [0.1, 0.15) is 0 Å². The minimum atomic E-state index is -0.302. The van der Waals surface area contributed by atoms with Crippen LogP contribution in [0.5, 0.6) is 0 Å². The molecule has 1 aromatic heterocycles. The van der Waals surface area contributed by atoms with Gasteiger partial charge in [-0.1, -0.05) is 11.6 Å². The van der Waals surface area contributed by atoms with Crippen molar-refractivity contribution in [3.8, 4) is 0 Å². The lowest BCUT2D eigenvalue weighted by Crippen LogP contribution is -2.13. The lowest BCUT2D eigenvalue weighted by Gasteiger charge is -2.08. The predicted octanol–water partition coefficient (Wildman–Crippen LogP) is 3.33. The molecular weight excluding hydrogens is 318 g/mol. The normalized spacial score (nSPS) is 10.1. The van der Waals surface area contributed by atoms with Gasteiger partial charge >= 0.3 is 0 Å². The fourth-order valence-corrected chi connectivity index (χ4v) is 1.96. The summed E-state index contributed by atoms with van der Waals surface area (Å²) in [6.07, 6.45) is 3.04. The highest BCUT2D eigenvalue weighted by Crippen LogP contribution is 2.23. The summed E-state index contributed by atoms with van der Waals surface area (Å²) in [5, 5.41) is 3.10. The summed E-state index contributed by atoms with van der Waals surface area (Å²) in [7, 11) is 0. The van der Waals surface area contributed by atoms with E-state index in [0.717, 1.165) is 0 Å². The second-order valence-electron chi connectivity index (χ2n) is 3.55. The fraction of sp³-hybridized carbons (Fsp3) is 0. The van der Waals surface area contributed by atoms with E-state index in [1.807, 2.05) is 0 Å². The Morgan fingerprint density at radius 1 is 1.39 bits per heavy atom. The molecule has 0 atom stereocenters. The molecule has 2 rings (SSSR count). The van der Waals surface area contributed by atoms with Crippen LogP contribution in [0.3, 0.4) is 0 Å². The summed E-state index contributed by atoms with van der Waals surface area (Å²) in [6, 6.07) is 6.61. The highest BCUT2D eigenvalue weighted by atomic mass is 79.9. The van der Waals surface area contributed by atoms with Crippen LogP contribution in [0, 0.1) is 0 Å². The van der Waals surface area contributed by atoms with E-state index < -0.39 is 0 Å². The van der Waals surface area contributed by atoms with Gasteiger partial charge in [-0.2, -0.15) is 0 Å². The molecule has 0 bridgehead atoms. The summed E-state index contributed by atoms with van der Waals surface area (Å²) in [5.74, 6) is -0.302. The van der Waals surface area contributed by atoms with E-state index in [1.54, 1.807) is 30.5 Å². The monoisotopic (exact) mass is 325 g/mol. The van der Waals surface area contributed by atoms with Crippen LogP contribution in [-0.4, -0.2) is 10.9 Å². The van der Waals surface area contributed by atoms with Crippen molar-refractivity contribution in [2.75, 3.05) is 11.1 Å². The van der Waals surface area contributed by atoms with E-state index in [-0.39, 0.29) is 5.91 Å². The topological polar surface area (TPSA) is 68.0 Å². The molecule has 0 fully saturated rings. The molecular formula is C12H9BrClN3O. The number of nitrogen functional groups attached to an aromatic ring is 1. The maximum absolute atomic E-state index is 12.1. The summed E-state index contributed by atoms with van der Waals surface area (Å²) < 4.78 is 0.661. The van der Waals surface area contributed by atoms with Crippen LogP contribution in [0.4, 0.5) is 11.4 Å². The van der Waals surface area contributed by atoms with Crippen molar-refractivity contribution in [3.05, 3.63) is 51.7 Å². The molecule has 0 aliphatic rings. The van der Waals surface area contributed by atoms with E-state index in [1.165, 1.54) is 6.20 Å². The first kappa shape index (κ1) is 12.9. The molecule has 4 nitrogen and oxygen atoms in total. The average Bonchev–Trinajstić information content (AvgIpc) is 2.35. The van der Waals surface area contributed by atoms with E-state index in [4.69, 9.17) is 17.3 Å². The first-order valence-electron chi connectivity index (χ1n) is 5.04. The van der Waals surface area contributed by atoms with Gasteiger partial charge in [0.2, 0.25) is 0 Å². The standard InChI is InChI=1S/C12H9BrClN3O/c13-9-2-1-7(15)5-8(9)12(18)17-11-6-16-4-3-10(11)14/h1-6H,15H2,(H,17,18). The Labute approximate surface area is 117 Å². The van der Waals surface area contributed by atoms with E-state index >= 15 is 0 Å². The van der Waals surface area contributed by atoms with Gasteiger partial charge in [0.05, 0.1) is 22.5 Å². The molecule has 1 heterocycles. The molecule has 0 radical (unpaired) electrons. The zero-order valence-electron chi connectivity index (χ0n) is 9.15. The number of anilines is 2. The number of hydrogen-bond donors (Lipinski definition) is 2. The van der Waals surface area contributed by atoms with Crippen LogP contribution < -0.4 is 11.1 Å². The number of hydrogen-bond acceptors (Lipinski definition) is 3. The van der Waals surface area contributed by atoms with Gasteiger partial charge in [-0.25, -0.2) is 0 Å². The summed E-state index contributed by atoms with van der Waals surface area (Å²) in [5.41, 5.74) is 7.06. The molecule has 3 N–H and O–H groups in total. The van der Waals surface area contributed by atoms with Gasteiger partial charge < -0.3 is 11.1 Å². The highest BCUT2D eigenvalue weighted by Gasteiger charge is 2.12. The van der Waals surface area contributed by atoms with Gasteiger partial charge in [0.25, 0.3) is 5.91 Å². The van der Waals surface area contributed by atoms with Crippen LogP contribution in [0.1, 0.15) is 10.4 Å². The Bertz CT molecular complexity index is 604. The van der Waals surface area contributed by atoms with E-state index in [9.17, 15) is 4.79 Å². The number of nitrogens with one attached hydrogen (secondary N) is 1. The molecule has 1 amide bonds. The molecule has 1 aromatic carbocycles. The third kappa shape index (κ3) is 2.80. The zero-order valence-corrected chi connectivity index (χ0v) is 11.5. The van der Waals surface area contributed by atoms with Gasteiger partial charge in [0.15, 0.2) is 0 Å². The first-order chi connectivity index (χ1) is 8.58. The lowest BCUT2D eigenvalue weighted by atomic mass is 10.2. The second-order valence-corrected chi connectivity index (χ2v) is 4.81. The number of benzene rings is 1. The van der Waals surface area contributed by atoms with E-state index in [0.29, 0.717) is 26.4 Å². The first-order valence-corrected chi connectivity index (χ1v) is 6.21. The van der Waals surface area contributed by atoms with Crippen LogP contribution in [0.15, 0.2) is 41.1 Å². The number of halogens is 2. The number of rotatable bonds is 2. The minimum Gasteiger partial charge on any atom is -0.399 e. The number of aromatic nitrogens is 1. The Morgan fingerprint density at radius 2 is 2.17 bits per heavy atom.